The lowest BCUT2D eigenvalue weighted by atomic mass is 10.1. The second kappa shape index (κ2) is 7.29. The van der Waals surface area contributed by atoms with Gasteiger partial charge >= 0.3 is 6.36 Å². The highest BCUT2D eigenvalue weighted by Crippen LogP contribution is 2.23. The van der Waals surface area contributed by atoms with Crippen LogP contribution in [0.25, 0.3) is 0 Å². The number of nitrogens with one attached hydrogen (secondary N) is 1. The van der Waals surface area contributed by atoms with Gasteiger partial charge in [-0.2, -0.15) is 0 Å². The van der Waals surface area contributed by atoms with Gasteiger partial charge in [0.2, 0.25) is 0 Å². The lowest BCUT2D eigenvalue weighted by Crippen LogP contribution is -2.24. The van der Waals surface area contributed by atoms with E-state index in [-0.39, 0.29) is 18.4 Å². The van der Waals surface area contributed by atoms with Gasteiger partial charge in [0.25, 0.3) is 0 Å². The Kier molecular flexibility index (Phi) is 5.41. The van der Waals surface area contributed by atoms with Crippen LogP contribution in [0.5, 0.6) is 5.75 Å². The number of hydrogen-bond acceptors (Lipinski definition) is 3. The Bertz CT molecular complexity index is 570. The lowest BCUT2D eigenvalue weighted by molar-refractivity contribution is -0.274. The first kappa shape index (κ1) is 16.3. The number of benzene rings is 2. The van der Waals surface area contributed by atoms with Crippen LogP contribution in [0.3, 0.4) is 0 Å². The molecule has 0 saturated carbocycles. The molecule has 0 fully saturated rings. The van der Waals surface area contributed by atoms with Crippen LogP contribution < -0.4 is 10.1 Å². The minimum Gasteiger partial charge on any atom is -0.406 e. The van der Waals surface area contributed by atoms with Crippen LogP contribution in [0.15, 0.2) is 54.6 Å². The van der Waals surface area contributed by atoms with Gasteiger partial charge in [-0.1, -0.05) is 42.5 Å². The molecule has 2 rings (SSSR count). The first-order valence-electron chi connectivity index (χ1n) is 6.72. The Morgan fingerprint density at radius 1 is 1.00 bits per heavy atom. The number of rotatable bonds is 6. The third-order valence-corrected chi connectivity index (χ3v) is 3.09. The highest BCUT2D eigenvalue weighted by atomic mass is 19.4. The fourth-order valence-corrected chi connectivity index (χ4v) is 2.02. The van der Waals surface area contributed by atoms with Crippen molar-refractivity contribution in [2.45, 2.75) is 18.9 Å². The second-order valence-corrected chi connectivity index (χ2v) is 4.72. The van der Waals surface area contributed by atoms with Gasteiger partial charge in [0.1, 0.15) is 5.75 Å². The zero-order chi connectivity index (χ0) is 16.0. The molecule has 0 amide bonds. The van der Waals surface area contributed by atoms with Gasteiger partial charge in [0.15, 0.2) is 0 Å². The smallest absolute Gasteiger partial charge is 0.406 e. The first-order valence-corrected chi connectivity index (χ1v) is 6.72. The molecule has 0 saturated heterocycles. The van der Waals surface area contributed by atoms with Crippen LogP contribution in [0, 0.1) is 0 Å². The SMILES string of the molecule is OCC(NCc1ccc(OC(F)(F)F)cc1)c1ccccc1. The van der Waals surface area contributed by atoms with Crippen molar-refractivity contribution in [2.75, 3.05) is 6.61 Å². The molecule has 6 heteroatoms. The quantitative estimate of drug-likeness (QED) is 0.859. The predicted molar refractivity (Wildman–Crippen MR) is 76.2 cm³/mol. The van der Waals surface area contributed by atoms with E-state index in [9.17, 15) is 18.3 Å². The van der Waals surface area contributed by atoms with E-state index in [0.717, 1.165) is 11.1 Å². The Hall–Kier alpha value is -2.05. The first-order chi connectivity index (χ1) is 10.5. The van der Waals surface area contributed by atoms with E-state index >= 15 is 0 Å². The summed E-state index contributed by atoms with van der Waals surface area (Å²) in [4.78, 5) is 0. The van der Waals surface area contributed by atoms with Crippen molar-refractivity contribution in [3.63, 3.8) is 0 Å². The molecule has 3 nitrogen and oxygen atoms in total. The molecule has 2 N–H and O–H groups in total. The van der Waals surface area contributed by atoms with Crippen LogP contribution in [0.1, 0.15) is 17.2 Å². The predicted octanol–water partition coefficient (Wildman–Crippen LogP) is 3.41. The van der Waals surface area contributed by atoms with E-state index in [4.69, 9.17) is 0 Å². The summed E-state index contributed by atoms with van der Waals surface area (Å²) in [6.45, 7) is 0.353. The maximum absolute atomic E-state index is 12.1. The van der Waals surface area contributed by atoms with Crippen molar-refractivity contribution in [2.24, 2.45) is 0 Å². The summed E-state index contributed by atoms with van der Waals surface area (Å²) in [7, 11) is 0. The Balaban J connectivity index is 1.93. The molecule has 2 aromatic rings. The molecule has 118 valence electrons. The highest BCUT2D eigenvalue weighted by molar-refractivity contribution is 5.27. The van der Waals surface area contributed by atoms with Crippen LogP contribution in [-0.2, 0) is 6.54 Å². The van der Waals surface area contributed by atoms with Crippen molar-refractivity contribution in [3.05, 3.63) is 65.7 Å². The zero-order valence-electron chi connectivity index (χ0n) is 11.7. The third-order valence-electron chi connectivity index (χ3n) is 3.09. The van der Waals surface area contributed by atoms with Gasteiger partial charge in [0, 0.05) is 6.54 Å². The molecule has 1 unspecified atom stereocenters. The number of aliphatic hydroxyl groups excluding tert-OH is 1. The standard InChI is InChI=1S/C16H16F3NO2/c17-16(18,19)22-14-8-6-12(7-9-14)10-20-15(11-21)13-4-2-1-3-5-13/h1-9,15,20-21H,10-11H2. The van der Waals surface area contributed by atoms with Crippen LogP contribution in [-0.4, -0.2) is 18.1 Å². The van der Waals surface area contributed by atoms with Crippen LogP contribution in [0.4, 0.5) is 13.2 Å². The average molecular weight is 311 g/mol. The molecule has 0 aromatic heterocycles. The van der Waals surface area contributed by atoms with Gasteiger partial charge in [-0.05, 0) is 23.3 Å². The Morgan fingerprint density at radius 3 is 2.18 bits per heavy atom. The molecule has 2 aromatic carbocycles. The summed E-state index contributed by atoms with van der Waals surface area (Å²) in [6, 6.07) is 14.8. The fraction of sp³-hybridized carbons (Fsp3) is 0.250. The minimum absolute atomic E-state index is 0.0702. The van der Waals surface area contributed by atoms with Crippen molar-refractivity contribution < 1.29 is 23.0 Å². The van der Waals surface area contributed by atoms with E-state index in [1.807, 2.05) is 30.3 Å². The molecule has 0 heterocycles. The van der Waals surface area contributed by atoms with Crippen molar-refractivity contribution in [3.8, 4) is 5.75 Å². The molecule has 1 atom stereocenters. The number of halogens is 3. The molecular formula is C16H16F3NO2. The van der Waals surface area contributed by atoms with Gasteiger partial charge in [-0.25, -0.2) is 0 Å². The van der Waals surface area contributed by atoms with Crippen molar-refractivity contribution in [1.29, 1.82) is 0 Å². The number of aliphatic hydroxyl groups is 1. The van der Waals surface area contributed by atoms with E-state index in [1.54, 1.807) is 12.1 Å². The van der Waals surface area contributed by atoms with Crippen LogP contribution >= 0.6 is 0 Å². The minimum atomic E-state index is -4.69. The number of hydrogen-bond donors (Lipinski definition) is 2. The zero-order valence-corrected chi connectivity index (χ0v) is 11.7. The van der Waals surface area contributed by atoms with Gasteiger partial charge in [0.05, 0.1) is 12.6 Å². The molecule has 0 radical (unpaired) electrons. The number of alkyl halides is 3. The average Bonchev–Trinajstić information content (AvgIpc) is 2.49. The Labute approximate surface area is 126 Å². The molecule has 0 spiro atoms. The largest absolute Gasteiger partial charge is 0.573 e. The summed E-state index contributed by atoms with van der Waals surface area (Å²) in [5, 5.41) is 12.6. The monoisotopic (exact) mass is 311 g/mol. The van der Waals surface area contributed by atoms with E-state index in [1.165, 1.54) is 12.1 Å². The van der Waals surface area contributed by atoms with E-state index < -0.39 is 6.36 Å². The van der Waals surface area contributed by atoms with Gasteiger partial charge in [-0.15, -0.1) is 13.2 Å². The molecule has 0 bridgehead atoms. The van der Waals surface area contributed by atoms with Gasteiger partial charge < -0.3 is 15.2 Å². The van der Waals surface area contributed by atoms with E-state index in [2.05, 4.69) is 10.1 Å². The normalized spacial score (nSPS) is 12.9. The highest BCUT2D eigenvalue weighted by Gasteiger charge is 2.30. The van der Waals surface area contributed by atoms with Gasteiger partial charge in [-0.3, -0.25) is 0 Å². The molecule has 0 aliphatic rings. The summed E-state index contributed by atoms with van der Waals surface area (Å²) in [5.74, 6) is -0.252. The summed E-state index contributed by atoms with van der Waals surface area (Å²) >= 11 is 0. The maximum atomic E-state index is 12.1. The third kappa shape index (κ3) is 5.05. The Morgan fingerprint density at radius 2 is 1.64 bits per heavy atom. The fourth-order valence-electron chi connectivity index (χ4n) is 2.02. The maximum Gasteiger partial charge on any atom is 0.573 e. The molecule has 0 aliphatic carbocycles. The summed E-state index contributed by atoms with van der Waals surface area (Å²) in [6.07, 6.45) is -4.69. The molecule has 22 heavy (non-hydrogen) atoms. The van der Waals surface area contributed by atoms with Crippen molar-refractivity contribution in [1.82, 2.24) is 5.32 Å². The number of ether oxygens (including phenoxy) is 1. The molecule has 0 aliphatic heterocycles. The topological polar surface area (TPSA) is 41.5 Å². The molecular weight excluding hydrogens is 295 g/mol. The summed E-state index contributed by atoms with van der Waals surface area (Å²) < 4.78 is 40.0. The van der Waals surface area contributed by atoms with E-state index in [0.29, 0.717) is 6.54 Å². The van der Waals surface area contributed by atoms with Crippen molar-refractivity contribution >= 4 is 0 Å². The summed E-state index contributed by atoms with van der Waals surface area (Å²) in [5.41, 5.74) is 1.74. The second-order valence-electron chi connectivity index (χ2n) is 4.72. The van der Waals surface area contributed by atoms with Crippen LogP contribution in [0.2, 0.25) is 0 Å². The lowest BCUT2D eigenvalue weighted by Gasteiger charge is -2.17.